The average Bonchev–Trinajstić information content (AvgIpc) is 2.48. The molecule has 0 saturated carbocycles. The summed E-state index contributed by atoms with van der Waals surface area (Å²) in [5.74, 6) is 0.353. The van der Waals surface area contributed by atoms with Crippen molar-refractivity contribution in [3.05, 3.63) is 47.8 Å². The molecule has 0 heterocycles. The number of halogens is 1. The summed E-state index contributed by atoms with van der Waals surface area (Å²) < 4.78 is 29.5. The van der Waals surface area contributed by atoms with E-state index in [9.17, 15) is 9.50 Å². The minimum Gasteiger partial charge on any atom is -0.508 e. The van der Waals surface area contributed by atoms with Crippen LogP contribution < -0.4 is 14.2 Å². The normalized spacial score (nSPS) is 10.2. The molecule has 0 aliphatic carbocycles. The molecule has 0 unspecified atom stereocenters. The molecule has 21 heavy (non-hydrogen) atoms. The van der Waals surface area contributed by atoms with Crippen LogP contribution in [0.3, 0.4) is 0 Å². The van der Waals surface area contributed by atoms with Crippen LogP contribution in [-0.4, -0.2) is 25.9 Å². The molecule has 1 N–H and O–H groups in total. The van der Waals surface area contributed by atoms with E-state index in [1.807, 2.05) is 0 Å². The highest BCUT2D eigenvalue weighted by Crippen LogP contribution is 2.30. The maximum Gasteiger partial charge on any atom is 0.207 e. The molecule has 4 nitrogen and oxygen atoms in total. The number of ether oxygens (including phenoxy) is 3. The number of hydrogen-bond acceptors (Lipinski definition) is 4. The predicted molar refractivity (Wildman–Crippen MR) is 75.6 cm³/mol. The van der Waals surface area contributed by atoms with Gasteiger partial charge in [0, 0.05) is 18.1 Å². The Hall–Kier alpha value is -2.43. The van der Waals surface area contributed by atoms with Crippen LogP contribution in [0.25, 0.3) is 0 Å². The molecule has 0 bridgehead atoms. The Labute approximate surface area is 122 Å². The lowest BCUT2D eigenvalue weighted by Gasteiger charge is -2.12. The Morgan fingerprint density at radius 3 is 2.67 bits per heavy atom. The average molecular weight is 291 g/mol. The van der Waals surface area contributed by atoms with Gasteiger partial charge in [0.15, 0.2) is 11.5 Å². The minimum absolute atomic E-state index is 0.0839. The number of hydrogen-bond donors (Lipinski definition) is 1. The third-order valence-electron chi connectivity index (χ3n) is 2.95. The van der Waals surface area contributed by atoms with Gasteiger partial charge in [-0.3, -0.25) is 0 Å². The van der Waals surface area contributed by atoms with Crippen molar-refractivity contribution < 1.29 is 23.7 Å². The fourth-order valence-electron chi connectivity index (χ4n) is 1.95. The molecular formula is C16H16FO4. The van der Waals surface area contributed by atoms with Crippen LogP contribution >= 0.6 is 0 Å². The summed E-state index contributed by atoms with van der Waals surface area (Å²) in [7, 11) is 2.81. The lowest BCUT2D eigenvalue weighted by molar-refractivity contribution is 0.312. The second kappa shape index (κ2) is 6.83. The molecule has 0 aliphatic heterocycles. The van der Waals surface area contributed by atoms with Gasteiger partial charge < -0.3 is 19.3 Å². The van der Waals surface area contributed by atoms with Gasteiger partial charge in [-0.15, -0.1) is 0 Å². The van der Waals surface area contributed by atoms with Crippen LogP contribution in [0.15, 0.2) is 30.3 Å². The SMILES string of the molecule is COc1ccc(CCOc2c[c]cc(O)c2)c(OC)c1F. The van der Waals surface area contributed by atoms with E-state index in [-0.39, 0.29) is 17.2 Å². The maximum atomic E-state index is 14.0. The standard InChI is InChI=1S/C16H16FO4/c1-19-14-7-6-11(16(20-2)15(14)17)8-9-21-13-5-3-4-12(18)10-13/h4-7,10,18H,8-9H2,1-2H3. The molecule has 0 spiro atoms. The second-order valence-corrected chi connectivity index (χ2v) is 4.30. The monoisotopic (exact) mass is 291 g/mol. The van der Waals surface area contributed by atoms with Crippen molar-refractivity contribution in [2.45, 2.75) is 6.42 Å². The van der Waals surface area contributed by atoms with E-state index in [4.69, 9.17) is 14.2 Å². The molecule has 1 radical (unpaired) electrons. The molecule has 5 heteroatoms. The first-order chi connectivity index (χ1) is 10.2. The lowest BCUT2D eigenvalue weighted by Crippen LogP contribution is -2.05. The van der Waals surface area contributed by atoms with Crippen molar-refractivity contribution in [3.8, 4) is 23.0 Å². The van der Waals surface area contributed by atoms with Crippen molar-refractivity contribution >= 4 is 0 Å². The lowest BCUT2D eigenvalue weighted by atomic mass is 10.1. The summed E-state index contributed by atoms with van der Waals surface area (Å²) in [5.41, 5.74) is 0.680. The van der Waals surface area contributed by atoms with Crippen molar-refractivity contribution in [1.82, 2.24) is 0 Å². The zero-order chi connectivity index (χ0) is 15.2. The van der Waals surface area contributed by atoms with Crippen LogP contribution in [-0.2, 0) is 6.42 Å². The molecule has 0 aromatic heterocycles. The van der Waals surface area contributed by atoms with E-state index >= 15 is 0 Å². The molecule has 111 valence electrons. The van der Waals surface area contributed by atoms with E-state index in [0.717, 1.165) is 0 Å². The highest BCUT2D eigenvalue weighted by atomic mass is 19.1. The van der Waals surface area contributed by atoms with Gasteiger partial charge in [-0.2, -0.15) is 4.39 Å². The van der Waals surface area contributed by atoms with Crippen molar-refractivity contribution in [2.75, 3.05) is 20.8 Å². The summed E-state index contributed by atoms with van der Waals surface area (Å²) >= 11 is 0. The number of rotatable bonds is 6. The van der Waals surface area contributed by atoms with Gasteiger partial charge in [-0.05, 0) is 24.3 Å². The van der Waals surface area contributed by atoms with Gasteiger partial charge in [0.1, 0.15) is 11.5 Å². The Morgan fingerprint density at radius 1 is 1.19 bits per heavy atom. The second-order valence-electron chi connectivity index (χ2n) is 4.30. The van der Waals surface area contributed by atoms with Crippen LogP contribution in [0.4, 0.5) is 4.39 Å². The molecule has 0 fully saturated rings. The quantitative estimate of drug-likeness (QED) is 0.889. The van der Waals surface area contributed by atoms with Gasteiger partial charge in [-0.25, -0.2) is 0 Å². The fourth-order valence-corrected chi connectivity index (χ4v) is 1.95. The maximum absolute atomic E-state index is 14.0. The number of phenols is 1. The Morgan fingerprint density at radius 2 is 2.00 bits per heavy atom. The summed E-state index contributed by atoms with van der Waals surface area (Å²) in [6.45, 7) is 0.319. The molecule has 2 rings (SSSR count). The van der Waals surface area contributed by atoms with Crippen LogP contribution in [0.2, 0.25) is 0 Å². The highest BCUT2D eigenvalue weighted by Gasteiger charge is 2.14. The largest absolute Gasteiger partial charge is 0.508 e. The number of aromatic hydroxyl groups is 1. The van der Waals surface area contributed by atoms with Crippen LogP contribution in [0.5, 0.6) is 23.0 Å². The Balaban J connectivity index is 2.05. The zero-order valence-corrected chi connectivity index (χ0v) is 11.9. The first-order valence-corrected chi connectivity index (χ1v) is 6.38. The Kier molecular flexibility index (Phi) is 4.87. The first-order valence-electron chi connectivity index (χ1n) is 6.38. The van der Waals surface area contributed by atoms with Gasteiger partial charge in [0.25, 0.3) is 0 Å². The zero-order valence-electron chi connectivity index (χ0n) is 11.9. The van der Waals surface area contributed by atoms with Gasteiger partial charge >= 0.3 is 0 Å². The fraction of sp³-hybridized carbons (Fsp3) is 0.250. The molecule has 2 aromatic carbocycles. The Bertz CT molecular complexity index is 613. The van der Waals surface area contributed by atoms with E-state index in [1.165, 1.54) is 26.4 Å². The molecule has 0 saturated heterocycles. The van der Waals surface area contributed by atoms with E-state index in [2.05, 4.69) is 6.07 Å². The third-order valence-corrected chi connectivity index (χ3v) is 2.95. The molecule has 2 aromatic rings. The van der Waals surface area contributed by atoms with Crippen molar-refractivity contribution in [2.24, 2.45) is 0 Å². The third kappa shape index (κ3) is 3.56. The van der Waals surface area contributed by atoms with Crippen molar-refractivity contribution in [1.29, 1.82) is 0 Å². The summed E-state index contributed by atoms with van der Waals surface area (Å²) in [4.78, 5) is 0. The summed E-state index contributed by atoms with van der Waals surface area (Å²) in [6, 6.07) is 10.6. The predicted octanol–water partition coefficient (Wildman–Crippen LogP) is 2.97. The molecule has 0 atom stereocenters. The van der Waals surface area contributed by atoms with E-state index in [0.29, 0.717) is 24.3 Å². The molecule has 0 aliphatic rings. The number of methoxy groups -OCH3 is 2. The van der Waals surface area contributed by atoms with Gasteiger partial charge in [0.05, 0.1) is 20.8 Å². The highest BCUT2D eigenvalue weighted by molar-refractivity contribution is 5.43. The topological polar surface area (TPSA) is 47.9 Å². The number of benzene rings is 2. The van der Waals surface area contributed by atoms with E-state index < -0.39 is 5.82 Å². The molecule has 0 amide bonds. The van der Waals surface area contributed by atoms with Gasteiger partial charge in [0.2, 0.25) is 5.82 Å². The first kappa shape index (κ1) is 15.0. The van der Waals surface area contributed by atoms with Gasteiger partial charge in [-0.1, -0.05) is 6.07 Å². The van der Waals surface area contributed by atoms with Crippen LogP contribution in [0, 0.1) is 11.9 Å². The van der Waals surface area contributed by atoms with Crippen molar-refractivity contribution in [3.63, 3.8) is 0 Å². The summed E-state index contributed by atoms with van der Waals surface area (Å²) in [6.07, 6.45) is 0.458. The molecular weight excluding hydrogens is 275 g/mol. The number of phenolic OH excluding ortho intramolecular Hbond substituents is 1. The van der Waals surface area contributed by atoms with E-state index in [1.54, 1.807) is 18.2 Å². The van der Waals surface area contributed by atoms with Crippen LogP contribution in [0.1, 0.15) is 5.56 Å². The smallest absolute Gasteiger partial charge is 0.207 e. The minimum atomic E-state index is -0.525. The summed E-state index contributed by atoms with van der Waals surface area (Å²) in [5, 5.41) is 9.31.